The van der Waals surface area contributed by atoms with Crippen molar-refractivity contribution in [2.45, 2.75) is 98.1 Å². The fourth-order valence-corrected chi connectivity index (χ4v) is 5.58. The van der Waals surface area contributed by atoms with Crippen LogP contribution in [0.5, 0.6) is 0 Å². The SMILES string of the molecule is C=CNc1cc2cc(C3=CC=C(C)C3)ccc2cn1.CCC(C)CC(CC)N(C)C1CCC(C)CC1. The quantitative estimate of drug-likeness (QED) is 0.382. The summed E-state index contributed by atoms with van der Waals surface area (Å²) in [4.78, 5) is 7.03. The molecule has 36 heavy (non-hydrogen) atoms. The number of fused-ring (bicyclic) bond motifs is 1. The zero-order valence-corrected chi connectivity index (χ0v) is 23.7. The molecule has 1 aromatic carbocycles. The molecule has 2 atom stereocenters. The van der Waals surface area contributed by atoms with Crippen LogP contribution in [0.2, 0.25) is 0 Å². The van der Waals surface area contributed by atoms with Gasteiger partial charge in [-0.05, 0) is 106 Å². The van der Waals surface area contributed by atoms with E-state index in [1.165, 1.54) is 67.0 Å². The standard InChI is InChI=1S/C17H16N2.C16H33N/c1-3-18-17-10-16-9-14(6-7-15(16)11-19-17)13-5-4-12(2)8-13;1-6-13(3)12-15(7-2)17(5)16-10-8-14(4)9-11-16/h3-7,9-11H,1,8H2,2H3,(H,18,19);13-16H,6-12H2,1-5H3. The van der Waals surface area contributed by atoms with Crippen molar-refractivity contribution in [1.29, 1.82) is 0 Å². The fraction of sp³-hybridized carbons (Fsp3) is 0.545. The number of rotatable bonds is 9. The molecule has 4 rings (SSSR count). The van der Waals surface area contributed by atoms with Gasteiger partial charge in [0.05, 0.1) is 0 Å². The third-order valence-corrected chi connectivity index (χ3v) is 8.36. The second-order valence-corrected chi connectivity index (χ2v) is 11.3. The second kappa shape index (κ2) is 13.8. The Bertz CT molecular complexity index is 1040. The Balaban J connectivity index is 0.000000202. The highest BCUT2D eigenvalue weighted by molar-refractivity contribution is 5.88. The molecule has 2 aliphatic carbocycles. The van der Waals surface area contributed by atoms with E-state index in [9.17, 15) is 0 Å². The van der Waals surface area contributed by atoms with Gasteiger partial charge in [0.2, 0.25) is 0 Å². The second-order valence-electron chi connectivity index (χ2n) is 11.3. The van der Waals surface area contributed by atoms with Crippen molar-refractivity contribution in [3.05, 3.63) is 66.5 Å². The molecule has 2 aliphatic rings. The predicted octanol–water partition coefficient (Wildman–Crippen LogP) is 9.24. The van der Waals surface area contributed by atoms with Crippen molar-refractivity contribution in [2.75, 3.05) is 12.4 Å². The number of hydrogen-bond acceptors (Lipinski definition) is 3. The van der Waals surface area contributed by atoms with E-state index >= 15 is 0 Å². The van der Waals surface area contributed by atoms with Crippen molar-refractivity contribution < 1.29 is 0 Å². The molecule has 2 aromatic rings. The van der Waals surface area contributed by atoms with Gasteiger partial charge in [-0.3, -0.25) is 0 Å². The van der Waals surface area contributed by atoms with E-state index in [-0.39, 0.29) is 0 Å². The summed E-state index contributed by atoms with van der Waals surface area (Å²) in [5, 5.41) is 5.37. The molecule has 0 saturated heterocycles. The third kappa shape index (κ3) is 7.80. The van der Waals surface area contributed by atoms with Crippen LogP contribution in [-0.2, 0) is 0 Å². The van der Waals surface area contributed by atoms with Crippen LogP contribution in [0.25, 0.3) is 16.3 Å². The van der Waals surface area contributed by atoms with Crippen LogP contribution >= 0.6 is 0 Å². The minimum Gasteiger partial charge on any atom is -0.347 e. The molecule has 0 spiro atoms. The molecule has 2 unspecified atom stereocenters. The lowest BCUT2D eigenvalue weighted by Crippen LogP contribution is -2.42. The number of anilines is 1. The van der Waals surface area contributed by atoms with Crippen molar-refractivity contribution in [3.63, 3.8) is 0 Å². The summed E-state index contributed by atoms with van der Waals surface area (Å²) in [5.74, 6) is 2.67. The molecule has 0 amide bonds. The van der Waals surface area contributed by atoms with E-state index in [0.29, 0.717) is 0 Å². The first-order chi connectivity index (χ1) is 17.3. The van der Waals surface area contributed by atoms with Gasteiger partial charge in [-0.1, -0.05) is 70.6 Å². The van der Waals surface area contributed by atoms with Crippen LogP contribution in [-0.4, -0.2) is 29.0 Å². The maximum absolute atomic E-state index is 4.33. The number of pyridine rings is 1. The fourth-order valence-electron chi connectivity index (χ4n) is 5.58. The van der Waals surface area contributed by atoms with E-state index in [0.717, 1.165) is 41.5 Å². The van der Waals surface area contributed by atoms with Gasteiger partial charge in [0.1, 0.15) is 5.82 Å². The first-order valence-electron chi connectivity index (χ1n) is 14.2. The van der Waals surface area contributed by atoms with Gasteiger partial charge in [0.25, 0.3) is 0 Å². The molecule has 0 aliphatic heterocycles. The Morgan fingerprint density at radius 3 is 2.44 bits per heavy atom. The smallest absolute Gasteiger partial charge is 0.130 e. The maximum Gasteiger partial charge on any atom is 0.130 e. The number of nitrogens with zero attached hydrogens (tertiary/aromatic N) is 2. The number of hydrogen-bond donors (Lipinski definition) is 1. The Morgan fingerprint density at radius 2 is 1.83 bits per heavy atom. The van der Waals surface area contributed by atoms with E-state index in [1.54, 1.807) is 6.20 Å². The molecule has 1 saturated carbocycles. The molecule has 1 fully saturated rings. The number of benzene rings is 1. The van der Waals surface area contributed by atoms with Crippen LogP contribution < -0.4 is 5.32 Å². The first-order valence-corrected chi connectivity index (χ1v) is 14.2. The summed E-state index contributed by atoms with van der Waals surface area (Å²) >= 11 is 0. The monoisotopic (exact) mass is 487 g/mol. The molecule has 0 bridgehead atoms. The summed E-state index contributed by atoms with van der Waals surface area (Å²) in [6, 6.07) is 10.2. The Kier molecular flexibility index (Phi) is 10.8. The highest BCUT2D eigenvalue weighted by Gasteiger charge is 2.26. The van der Waals surface area contributed by atoms with Gasteiger partial charge in [0, 0.05) is 23.7 Å². The molecule has 0 radical (unpaired) electrons. The van der Waals surface area contributed by atoms with Crippen molar-refractivity contribution >= 4 is 22.2 Å². The topological polar surface area (TPSA) is 28.2 Å². The van der Waals surface area contributed by atoms with Crippen LogP contribution in [0.3, 0.4) is 0 Å². The summed E-state index contributed by atoms with van der Waals surface area (Å²) < 4.78 is 0. The molecule has 1 N–H and O–H groups in total. The summed E-state index contributed by atoms with van der Waals surface area (Å²) in [6.07, 6.45) is 18.7. The summed E-state index contributed by atoms with van der Waals surface area (Å²) in [6.45, 7) is 15.3. The van der Waals surface area contributed by atoms with Gasteiger partial charge < -0.3 is 10.2 Å². The molecule has 196 valence electrons. The largest absolute Gasteiger partial charge is 0.347 e. The normalized spacial score (nSPS) is 21.3. The zero-order valence-electron chi connectivity index (χ0n) is 23.7. The molecular formula is C33H49N3. The lowest BCUT2D eigenvalue weighted by Gasteiger charge is -2.39. The predicted molar refractivity (Wildman–Crippen MR) is 159 cm³/mol. The number of nitrogens with one attached hydrogen (secondary N) is 1. The van der Waals surface area contributed by atoms with Crippen molar-refractivity contribution in [1.82, 2.24) is 9.88 Å². The molecule has 3 heteroatoms. The van der Waals surface area contributed by atoms with Crippen LogP contribution in [0.15, 0.2) is 61.0 Å². The third-order valence-electron chi connectivity index (χ3n) is 8.36. The van der Waals surface area contributed by atoms with Crippen LogP contribution in [0, 0.1) is 11.8 Å². The van der Waals surface area contributed by atoms with Gasteiger partial charge in [-0.25, -0.2) is 4.98 Å². The van der Waals surface area contributed by atoms with E-state index in [1.807, 2.05) is 6.20 Å². The molecule has 3 nitrogen and oxygen atoms in total. The van der Waals surface area contributed by atoms with Crippen LogP contribution in [0.4, 0.5) is 5.82 Å². The van der Waals surface area contributed by atoms with Gasteiger partial charge in [0.15, 0.2) is 0 Å². The number of aromatic nitrogens is 1. The van der Waals surface area contributed by atoms with Gasteiger partial charge in [-0.15, -0.1) is 0 Å². The minimum absolute atomic E-state index is 0.809. The first kappa shape index (κ1) is 28.2. The minimum atomic E-state index is 0.809. The van der Waals surface area contributed by atoms with Gasteiger partial charge >= 0.3 is 0 Å². The Labute approximate surface area is 220 Å². The average Bonchev–Trinajstić information content (AvgIpc) is 3.33. The number of allylic oxidation sites excluding steroid dienone is 4. The Hall–Kier alpha value is -2.39. The summed E-state index contributed by atoms with van der Waals surface area (Å²) in [5.41, 5.74) is 4.09. The lowest BCUT2D eigenvalue weighted by molar-refractivity contribution is 0.106. The molecule has 1 aromatic heterocycles. The van der Waals surface area contributed by atoms with E-state index in [4.69, 9.17) is 0 Å². The maximum atomic E-state index is 4.33. The lowest BCUT2D eigenvalue weighted by atomic mass is 9.85. The van der Waals surface area contributed by atoms with Gasteiger partial charge in [-0.2, -0.15) is 0 Å². The van der Waals surface area contributed by atoms with E-state index < -0.39 is 0 Å². The highest BCUT2D eigenvalue weighted by Crippen LogP contribution is 2.31. The zero-order chi connectivity index (χ0) is 26.1. The highest BCUT2D eigenvalue weighted by atomic mass is 15.2. The van der Waals surface area contributed by atoms with Crippen molar-refractivity contribution in [3.8, 4) is 0 Å². The average molecular weight is 488 g/mol. The molecule has 1 heterocycles. The van der Waals surface area contributed by atoms with Crippen molar-refractivity contribution in [2.24, 2.45) is 11.8 Å². The van der Waals surface area contributed by atoms with Crippen LogP contribution in [0.1, 0.15) is 91.5 Å². The van der Waals surface area contributed by atoms with E-state index in [2.05, 4.69) is 99.9 Å². The Morgan fingerprint density at radius 1 is 1.08 bits per heavy atom. The summed E-state index contributed by atoms with van der Waals surface area (Å²) in [7, 11) is 2.37. The molecular weight excluding hydrogens is 438 g/mol.